The first kappa shape index (κ1) is 13.9. The molecule has 4 N–H and O–H groups in total. The monoisotopic (exact) mass is 292 g/mol. The fourth-order valence-electron chi connectivity index (χ4n) is 2.24. The maximum atomic E-state index is 12.3. The Morgan fingerprint density at radius 1 is 1.14 bits per heavy atom. The molecule has 0 aliphatic carbocycles. The van der Waals surface area contributed by atoms with Crippen LogP contribution >= 0.6 is 0 Å². The standard InChI is InChI=1S/C17H16N4O/c1-11(12-6-8-13(18)9-7-12)20-21-17(22)15-10-19-16-5-3-2-4-14(15)16/h2-10,19H,18H2,1H3,(H,21,22)/b20-11+. The summed E-state index contributed by atoms with van der Waals surface area (Å²) in [5.74, 6) is -0.243. The van der Waals surface area contributed by atoms with E-state index < -0.39 is 0 Å². The third-order valence-electron chi connectivity index (χ3n) is 3.49. The Labute approximate surface area is 127 Å². The molecule has 110 valence electrons. The summed E-state index contributed by atoms with van der Waals surface area (Å²) in [7, 11) is 0. The van der Waals surface area contributed by atoms with Crippen molar-refractivity contribution in [1.82, 2.24) is 10.4 Å². The number of nitrogens with two attached hydrogens (primary N) is 1. The van der Waals surface area contributed by atoms with Crippen molar-refractivity contribution in [2.45, 2.75) is 6.92 Å². The second kappa shape index (κ2) is 5.73. The minimum Gasteiger partial charge on any atom is -0.399 e. The zero-order chi connectivity index (χ0) is 15.5. The fraction of sp³-hybridized carbons (Fsp3) is 0.0588. The molecule has 0 atom stereocenters. The number of aromatic amines is 1. The molecule has 1 amide bonds. The van der Waals surface area contributed by atoms with Gasteiger partial charge in [-0.3, -0.25) is 4.79 Å². The van der Waals surface area contributed by atoms with Crippen LogP contribution in [0.25, 0.3) is 10.9 Å². The number of hydrogen-bond donors (Lipinski definition) is 3. The molecule has 2 aromatic carbocycles. The summed E-state index contributed by atoms with van der Waals surface area (Å²) in [5.41, 5.74) is 12.1. The largest absolute Gasteiger partial charge is 0.399 e. The number of carbonyl (C=O) groups is 1. The highest BCUT2D eigenvalue weighted by Gasteiger charge is 2.10. The number of hydrogen-bond acceptors (Lipinski definition) is 3. The van der Waals surface area contributed by atoms with E-state index in [1.165, 1.54) is 0 Å². The van der Waals surface area contributed by atoms with Crippen molar-refractivity contribution >= 4 is 28.2 Å². The van der Waals surface area contributed by atoms with Gasteiger partial charge in [0.2, 0.25) is 0 Å². The van der Waals surface area contributed by atoms with Crippen LogP contribution < -0.4 is 11.2 Å². The molecule has 0 unspecified atom stereocenters. The smallest absolute Gasteiger partial charge is 0.273 e. The van der Waals surface area contributed by atoms with Crippen LogP contribution in [0.5, 0.6) is 0 Å². The summed E-state index contributed by atoms with van der Waals surface area (Å²) in [6, 6.07) is 15.0. The van der Waals surface area contributed by atoms with Crippen LogP contribution in [0.15, 0.2) is 59.8 Å². The van der Waals surface area contributed by atoms with Gasteiger partial charge >= 0.3 is 0 Å². The van der Waals surface area contributed by atoms with Gasteiger partial charge in [0, 0.05) is 22.8 Å². The number of nitrogen functional groups attached to an aromatic ring is 1. The van der Waals surface area contributed by atoms with Crippen molar-refractivity contribution in [3.8, 4) is 0 Å². The number of amides is 1. The molecule has 1 heterocycles. The first-order valence-electron chi connectivity index (χ1n) is 6.92. The second-order valence-electron chi connectivity index (χ2n) is 5.01. The lowest BCUT2D eigenvalue weighted by Gasteiger charge is -2.03. The maximum Gasteiger partial charge on any atom is 0.273 e. The number of rotatable bonds is 3. The number of nitrogens with zero attached hydrogens (tertiary/aromatic N) is 1. The van der Waals surface area contributed by atoms with Gasteiger partial charge in [0.1, 0.15) is 0 Å². The minimum atomic E-state index is -0.243. The molecule has 0 radical (unpaired) electrons. The number of fused-ring (bicyclic) bond motifs is 1. The molecule has 22 heavy (non-hydrogen) atoms. The molecular formula is C17H16N4O. The Morgan fingerprint density at radius 3 is 2.64 bits per heavy atom. The normalized spacial score (nSPS) is 11.6. The second-order valence-corrected chi connectivity index (χ2v) is 5.01. The quantitative estimate of drug-likeness (QED) is 0.394. The van der Waals surface area contributed by atoms with Crippen LogP contribution in [-0.2, 0) is 0 Å². The highest BCUT2D eigenvalue weighted by molar-refractivity contribution is 6.07. The first-order chi connectivity index (χ1) is 10.6. The fourth-order valence-corrected chi connectivity index (χ4v) is 2.24. The SMILES string of the molecule is C/C(=N\NC(=O)c1c[nH]c2ccccc12)c1ccc(N)cc1. The molecule has 0 fully saturated rings. The highest BCUT2D eigenvalue weighted by Crippen LogP contribution is 2.17. The van der Waals surface area contributed by atoms with E-state index in [9.17, 15) is 4.79 Å². The number of aromatic nitrogens is 1. The summed E-state index contributed by atoms with van der Waals surface area (Å²) in [5, 5.41) is 5.02. The third-order valence-corrected chi connectivity index (χ3v) is 3.49. The topological polar surface area (TPSA) is 83.3 Å². The number of H-pyrrole nitrogens is 1. The third kappa shape index (κ3) is 2.69. The molecule has 0 saturated carbocycles. The lowest BCUT2D eigenvalue weighted by Crippen LogP contribution is -2.19. The van der Waals surface area contributed by atoms with Gasteiger partial charge in [0.15, 0.2) is 0 Å². The summed E-state index contributed by atoms with van der Waals surface area (Å²) < 4.78 is 0. The van der Waals surface area contributed by atoms with E-state index in [0.717, 1.165) is 16.5 Å². The van der Waals surface area contributed by atoms with Crippen LogP contribution in [-0.4, -0.2) is 16.6 Å². The van der Waals surface area contributed by atoms with Crippen LogP contribution in [0.1, 0.15) is 22.8 Å². The predicted molar refractivity (Wildman–Crippen MR) is 88.8 cm³/mol. The molecule has 0 spiro atoms. The van der Waals surface area contributed by atoms with E-state index in [2.05, 4.69) is 15.5 Å². The average Bonchev–Trinajstić information content (AvgIpc) is 2.97. The van der Waals surface area contributed by atoms with E-state index in [-0.39, 0.29) is 5.91 Å². The number of anilines is 1. The number of carbonyl (C=O) groups excluding carboxylic acids is 1. The zero-order valence-corrected chi connectivity index (χ0v) is 12.1. The van der Waals surface area contributed by atoms with Crippen molar-refractivity contribution < 1.29 is 4.79 Å². The molecule has 0 aliphatic rings. The molecule has 3 aromatic rings. The zero-order valence-electron chi connectivity index (χ0n) is 12.1. The van der Waals surface area contributed by atoms with E-state index in [4.69, 9.17) is 5.73 Å². The number of benzene rings is 2. The van der Waals surface area contributed by atoms with E-state index in [1.807, 2.05) is 43.3 Å². The Kier molecular flexibility index (Phi) is 3.62. The van der Waals surface area contributed by atoms with Gasteiger partial charge in [-0.2, -0.15) is 5.10 Å². The van der Waals surface area contributed by atoms with Crippen molar-refractivity contribution in [2.75, 3.05) is 5.73 Å². The van der Waals surface area contributed by atoms with Gasteiger partial charge in [0.05, 0.1) is 11.3 Å². The number of hydrazone groups is 1. The molecule has 5 heteroatoms. The predicted octanol–water partition coefficient (Wildman–Crippen LogP) is 2.90. The molecule has 0 saturated heterocycles. The van der Waals surface area contributed by atoms with Gasteiger partial charge in [-0.1, -0.05) is 30.3 Å². The minimum absolute atomic E-state index is 0.243. The molecule has 0 bridgehead atoms. The Morgan fingerprint density at radius 2 is 1.86 bits per heavy atom. The van der Waals surface area contributed by atoms with Crippen molar-refractivity contribution in [2.24, 2.45) is 5.10 Å². The Balaban J connectivity index is 1.79. The van der Waals surface area contributed by atoms with Crippen LogP contribution in [0, 0.1) is 0 Å². The van der Waals surface area contributed by atoms with Crippen LogP contribution in [0.3, 0.4) is 0 Å². The summed E-state index contributed by atoms with van der Waals surface area (Å²) in [6.07, 6.45) is 1.69. The van der Waals surface area contributed by atoms with Crippen LogP contribution in [0.4, 0.5) is 5.69 Å². The Bertz CT molecular complexity index is 846. The number of nitrogens with one attached hydrogen (secondary N) is 2. The number of para-hydroxylation sites is 1. The highest BCUT2D eigenvalue weighted by atomic mass is 16.2. The molecule has 1 aromatic heterocycles. The molecule has 5 nitrogen and oxygen atoms in total. The van der Waals surface area contributed by atoms with E-state index >= 15 is 0 Å². The van der Waals surface area contributed by atoms with Crippen molar-refractivity contribution in [1.29, 1.82) is 0 Å². The van der Waals surface area contributed by atoms with Gasteiger partial charge in [-0.25, -0.2) is 5.43 Å². The van der Waals surface area contributed by atoms with Crippen molar-refractivity contribution in [3.05, 3.63) is 65.9 Å². The van der Waals surface area contributed by atoms with Gasteiger partial charge in [-0.05, 0) is 30.7 Å². The summed E-state index contributed by atoms with van der Waals surface area (Å²) in [4.78, 5) is 15.3. The summed E-state index contributed by atoms with van der Waals surface area (Å²) in [6.45, 7) is 1.83. The summed E-state index contributed by atoms with van der Waals surface area (Å²) >= 11 is 0. The Hall–Kier alpha value is -3.08. The molecule has 0 aliphatic heterocycles. The maximum absolute atomic E-state index is 12.3. The lowest BCUT2D eigenvalue weighted by molar-refractivity contribution is 0.0956. The van der Waals surface area contributed by atoms with Gasteiger partial charge in [-0.15, -0.1) is 0 Å². The first-order valence-corrected chi connectivity index (χ1v) is 6.92. The molecule has 3 rings (SSSR count). The van der Waals surface area contributed by atoms with E-state index in [0.29, 0.717) is 17.0 Å². The average molecular weight is 292 g/mol. The van der Waals surface area contributed by atoms with E-state index in [1.54, 1.807) is 18.3 Å². The van der Waals surface area contributed by atoms with Gasteiger partial charge in [0.25, 0.3) is 5.91 Å². The molecular weight excluding hydrogens is 276 g/mol. The lowest BCUT2D eigenvalue weighted by atomic mass is 10.1. The van der Waals surface area contributed by atoms with Crippen LogP contribution in [0.2, 0.25) is 0 Å². The van der Waals surface area contributed by atoms with Crippen molar-refractivity contribution in [3.63, 3.8) is 0 Å². The van der Waals surface area contributed by atoms with Gasteiger partial charge < -0.3 is 10.7 Å².